The van der Waals surface area contributed by atoms with Crippen molar-refractivity contribution < 1.29 is 4.39 Å². The molecule has 5 nitrogen and oxygen atoms in total. The van der Waals surface area contributed by atoms with Gasteiger partial charge in [0.15, 0.2) is 0 Å². The van der Waals surface area contributed by atoms with Gasteiger partial charge in [-0.05, 0) is 62.3 Å². The number of hydrogen-bond acceptors (Lipinski definition) is 5. The van der Waals surface area contributed by atoms with Crippen LogP contribution in [0.2, 0.25) is 0 Å². The van der Waals surface area contributed by atoms with Crippen molar-refractivity contribution in [1.82, 2.24) is 15.2 Å². The number of fused-ring (bicyclic) bond motifs is 1. The van der Waals surface area contributed by atoms with Crippen molar-refractivity contribution in [3.63, 3.8) is 0 Å². The number of anilines is 2. The van der Waals surface area contributed by atoms with Gasteiger partial charge in [0.1, 0.15) is 11.6 Å². The van der Waals surface area contributed by atoms with Crippen LogP contribution in [-0.2, 0) is 6.42 Å². The topological polar surface area (TPSA) is 57.4 Å². The highest BCUT2D eigenvalue weighted by Gasteiger charge is 2.25. The van der Waals surface area contributed by atoms with Gasteiger partial charge in [0.25, 0.3) is 0 Å². The molecule has 0 saturated carbocycles. The van der Waals surface area contributed by atoms with Crippen LogP contribution in [0.5, 0.6) is 0 Å². The van der Waals surface area contributed by atoms with E-state index in [2.05, 4.69) is 52.9 Å². The maximum absolute atomic E-state index is 15.2. The Morgan fingerprint density at radius 1 is 1.09 bits per heavy atom. The normalized spacial score (nSPS) is 17.9. The lowest BCUT2D eigenvalue weighted by Gasteiger charge is -2.22. The molecule has 0 radical (unpaired) electrons. The van der Waals surface area contributed by atoms with Crippen molar-refractivity contribution in [2.24, 2.45) is 0 Å². The molecule has 170 valence electrons. The summed E-state index contributed by atoms with van der Waals surface area (Å²) >= 11 is 0. The molecule has 1 unspecified atom stereocenters. The molecule has 0 bridgehead atoms. The van der Waals surface area contributed by atoms with E-state index in [0.717, 1.165) is 66.1 Å². The van der Waals surface area contributed by atoms with Crippen molar-refractivity contribution in [3.05, 3.63) is 72.2 Å². The number of aromatic nitrogens is 1. The molecule has 2 aromatic carbocycles. The number of benzene rings is 2. The minimum atomic E-state index is -0.244. The van der Waals surface area contributed by atoms with Crippen LogP contribution in [0.25, 0.3) is 28.0 Å². The minimum absolute atomic E-state index is 0.244. The third-order valence-electron chi connectivity index (χ3n) is 6.92. The van der Waals surface area contributed by atoms with Crippen LogP contribution in [0.3, 0.4) is 0 Å². The van der Waals surface area contributed by atoms with Crippen molar-refractivity contribution in [2.75, 3.05) is 44.4 Å². The standard InChI is InChI=1S/C27H30FN5/c1-17-23-6-4-18(12-19(23)8-10-30-17)25-13-20(15-31-27(25)29)24-7-5-21(14-26(24)28)33-11-9-22(16-33)32(2)3/h4-7,12-15,22,30H,1,8-11,16H2,2-3H3,(H2,29,31). The fourth-order valence-corrected chi connectivity index (χ4v) is 4.89. The predicted octanol–water partition coefficient (Wildman–Crippen LogP) is 4.39. The lowest BCUT2D eigenvalue weighted by molar-refractivity contribution is 0.315. The number of nitrogen functional groups attached to an aromatic ring is 1. The third-order valence-corrected chi connectivity index (χ3v) is 6.92. The maximum Gasteiger partial charge on any atom is 0.133 e. The first-order chi connectivity index (χ1) is 15.9. The molecule has 3 aromatic rings. The molecule has 33 heavy (non-hydrogen) atoms. The first-order valence-corrected chi connectivity index (χ1v) is 11.4. The Kier molecular flexibility index (Phi) is 5.54. The van der Waals surface area contributed by atoms with E-state index in [-0.39, 0.29) is 5.82 Å². The van der Waals surface area contributed by atoms with Crippen LogP contribution in [0.4, 0.5) is 15.9 Å². The Bertz CT molecular complexity index is 1220. The van der Waals surface area contributed by atoms with Gasteiger partial charge in [-0.1, -0.05) is 24.8 Å². The summed E-state index contributed by atoms with van der Waals surface area (Å²) in [7, 11) is 4.19. The average Bonchev–Trinajstić information content (AvgIpc) is 3.30. The molecule has 2 aliphatic rings. The minimum Gasteiger partial charge on any atom is -0.385 e. The molecule has 5 rings (SSSR count). The average molecular weight is 444 g/mol. The SMILES string of the molecule is C=C1NCCc2cc(-c3cc(-c4ccc(N5CCC(N(C)C)C5)cc4F)cnc3N)ccc21. The maximum atomic E-state index is 15.2. The van der Waals surface area contributed by atoms with Crippen molar-refractivity contribution in [2.45, 2.75) is 18.9 Å². The molecule has 3 N–H and O–H groups in total. The van der Waals surface area contributed by atoms with Crippen LogP contribution >= 0.6 is 0 Å². The molecule has 3 heterocycles. The number of hydrogen-bond donors (Lipinski definition) is 2. The summed E-state index contributed by atoms with van der Waals surface area (Å²) in [5, 5.41) is 3.30. The molecule has 0 spiro atoms. The van der Waals surface area contributed by atoms with Crippen LogP contribution < -0.4 is 16.0 Å². The number of rotatable bonds is 4. The number of nitrogens with one attached hydrogen (secondary N) is 1. The third kappa shape index (κ3) is 4.07. The lowest BCUT2D eigenvalue weighted by Crippen LogP contribution is -2.31. The Labute approximate surface area is 194 Å². The van der Waals surface area contributed by atoms with E-state index in [4.69, 9.17) is 5.73 Å². The lowest BCUT2D eigenvalue weighted by atomic mass is 9.93. The molecule has 1 fully saturated rings. The Balaban J connectivity index is 1.45. The van der Waals surface area contributed by atoms with E-state index in [1.807, 2.05) is 24.3 Å². The zero-order valence-corrected chi connectivity index (χ0v) is 19.2. The number of halogens is 1. The van der Waals surface area contributed by atoms with Crippen molar-refractivity contribution in [1.29, 1.82) is 0 Å². The van der Waals surface area contributed by atoms with E-state index in [1.165, 1.54) is 5.56 Å². The van der Waals surface area contributed by atoms with Crippen molar-refractivity contribution >= 4 is 17.2 Å². The van der Waals surface area contributed by atoms with Gasteiger partial charge in [0, 0.05) is 65.5 Å². The Morgan fingerprint density at radius 2 is 1.91 bits per heavy atom. The van der Waals surface area contributed by atoms with E-state index in [1.54, 1.807) is 12.3 Å². The molecule has 2 aliphatic heterocycles. The number of likely N-dealkylation sites (N-methyl/N-ethyl adjacent to an activating group) is 1. The highest BCUT2D eigenvalue weighted by Crippen LogP contribution is 2.34. The van der Waals surface area contributed by atoms with Crippen LogP contribution in [0.15, 0.2) is 55.2 Å². The molecule has 0 amide bonds. The van der Waals surface area contributed by atoms with Gasteiger partial charge < -0.3 is 20.9 Å². The van der Waals surface area contributed by atoms with Gasteiger partial charge in [-0.3, -0.25) is 0 Å². The molecule has 6 heteroatoms. The summed E-state index contributed by atoms with van der Waals surface area (Å²) in [5.74, 6) is 0.196. The van der Waals surface area contributed by atoms with Gasteiger partial charge in [0.05, 0.1) is 0 Å². The van der Waals surface area contributed by atoms with Gasteiger partial charge >= 0.3 is 0 Å². The van der Waals surface area contributed by atoms with Crippen molar-refractivity contribution in [3.8, 4) is 22.3 Å². The summed E-state index contributed by atoms with van der Waals surface area (Å²) in [6, 6.07) is 14.2. The zero-order valence-electron chi connectivity index (χ0n) is 19.2. The molecule has 1 atom stereocenters. The van der Waals surface area contributed by atoms with E-state index in [0.29, 0.717) is 17.4 Å². The fraction of sp³-hybridized carbons (Fsp3) is 0.296. The largest absolute Gasteiger partial charge is 0.385 e. The molecule has 1 aromatic heterocycles. The zero-order chi connectivity index (χ0) is 23.1. The summed E-state index contributed by atoms with van der Waals surface area (Å²) in [6.45, 7) is 6.82. The van der Waals surface area contributed by atoms with Gasteiger partial charge in [0.2, 0.25) is 0 Å². The molecule has 1 saturated heterocycles. The molecular formula is C27H30FN5. The van der Waals surface area contributed by atoms with Crippen LogP contribution in [0.1, 0.15) is 17.5 Å². The quantitative estimate of drug-likeness (QED) is 0.626. The summed E-state index contributed by atoms with van der Waals surface area (Å²) in [6.07, 6.45) is 3.67. The van der Waals surface area contributed by atoms with E-state index in [9.17, 15) is 0 Å². The van der Waals surface area contributed by atoms with Gasteiger partial charge in [-0.15, -0.1) is 0 Å². The second-order valence-corrected chi connectivity index (χ2v) is 9.20. The Morgan fingerprint density at radius 3 is 2.67 bits per heavy atom. The highest BCUT2D eigenvalue weighted by atomic mass is 19.1. The number of nitrogens with two attached hydrogens (primary N) is 1. The van der Waals surface area contributed by atoms with E-state index >= 15 is 4.39 Å². The van der Waals surface area contributed by atoms with Crippen LogP contribution in [-0.4, -0.2) is 49.7 Å². The Hall–Kier alpha value is -3.38. The van der Waals surface area contributed by atoms with Gasteiger partial charge in [-0.2, -0.15) is 0 Å². The monoisotopic (exact) mass is 443 g/mol. The smallest absolute Gasteiger partial charge is 0.133 e. The second-order valence-electron chi connectivity index (χ2n) is 9.20. The second kappa shape index (κ2) is 8.52. The number of nitrogens with zero attached hydrogens (tertiary/aromatic N) is 3. The molecule has 0 aliphatic carbocycles. The first kappa shape index (κ1) is 21.5. The summed E-state index contributed by atoms with van der Waals surface area (Å²) in [5.41, 5.74) is 13.5. The highest BCUT2D eigenvalue weighted by molar-refractivity contribution is 5.81. The molecular weight excluding hydrogens is 413 g/mol. The fourth-order valence-electron chi connectivity index (χ4n) is 4.89. The first-order valence-electron chi connectivity index (χ1n) is 11.4. The number of pyridine rings is 1. The van der Waals surface area contributed by atoms with E-state index < -0.39 is 0 Å². The summed E-state index contributed by atoms with van der Waals surface area (Å²) < 4.78 is 15.2. The predicted molar refractivity (Wildman–Crippen MR) is 135 cm³/mol. The summed E-state index contributed by atoms with van der Waals surface area (Å²) in [4.78, 5) is 8.88. The van der Waals surface area contributed by atoms with Gasteiger partial charge in [-0.25, -0.2) is 9.37 Å². The van der Waals surface area contributed by atoms with Crippen LogP contribution in [0, 0.1) is 5.82 Å².